The van der Waals surface area contributed by atoms with Gasteiger partial charge in [0.25, 0.3) is 0 Å². The van der Waals surface area contributed by atoms with Gasteiger partial charge in [-0.2, -0.15) is 0 Å². The van der Waals surface area contributed by atoms with E-state index >= 15 is 0 Å². The van der Waals surface area contributed by atoms with Crippen LogP contribution in [0.5, 0.6) is 0 Å². The Labute approximate surface area is 76.8 Å². The molecule has 1 rings (SSSR count). The molecule has 4 heteroatoms. The van der Waals surface area contributed by atoms with Gasteiger partial charge in [0, 0.05) is 32.2 Å². The fourth-order valence-electron chi connectivity index (χ4n) is 0.934. The van der Waals surface area contributed by atoms with Crippen molar-refractivity contribution in [3.63, 3.8) is 0 Å². The molecule has 0 bridgehead atoms. The SMILES string of the molecule is CN(C)c1ccc(CC(=O)[O-])nc1. The van der Waals surface area contributed by atoms with Crippen molar-refractivity contribution in [1.82, 2.24) is 4.98 Å². The zero-order valence-corrected chi connectivity index (χ0v) is 7.65. The van der Waals surface area contributed by atoms with Crippen LogP contribution in [0.4, 0.5) is 5.69 Å². The maximum Gasteiger partial charge on any atom is 0.0547 e. The highest BCUT2D eigenvalue weighted by atomic mass is 16.4. The number of pyridine rings is 1. The van der Waals surface area contributed by atoms with Gasteiger partial charge in [-0.3, -0.25) is 4.98 Å². The summed E-state index contributed by atoms with van der Waals surface area (Å²) in [6.45, 7) is 0. The van der Waals surface area contributed by atoms with Gasteiger partial charge in [0.15, 0.2) is 0 Å². The number of aromatic nitrogens is 1. The van der Waals surface area contributed by atoms with Crippen molar-refractivity contribution in [2.24, 2.45) is 0 Å². The van der Waals surface area contributed by atoms with Gasteiger partial charge >= 0.3 is 0 Å². The molecule has 0 aromatic carbocycles. The lowest BCUT2D eigenvalue weighted by atomic mass is 10.2. The Hall–Kier alpha value is -1.58. The molecular weight excluding hydrogens is 168 g/mol. The van der Waals surface area contributed by atoms with E-state index in [1.54, 1.807) is 12.3 Å². The van der Waals surface area contributed by atoms with Gasteiger partial charge in [0.05, 0.1) is 11.9 Å². The Balaban J connectivity index is 2.75. The number of hydrogen-bond donors (Lipinski definition) is 0. The summed E-state index contributed by atoms with van der Waals surface area (Å²) in [5, 5.41) is 10.2. The number of carboxylic acid groups (broad SMARTS) is 1. The van der Waals surface area contributed by atoms with Crippen LogP contribution in [-0.2, 0) is 11.2 Å². The Morgan fingerprint density at radius 2 is 2.23 bits per heavy atom. The Bertz CT molecular complexity index is 293. The molecule has 0 amide bonds. The van der Waals surface area contributed by atoms with Crippen LogP contribution in [0.3, 0.4) is 0 Å². The molecule has 1 aromatic heterocycles. The van der Waals surface area contributed by atoms with Crippen molar-refractivity contribution in [2.75, 3.05) is 19.0 Å². The van der Waals surface area contributed by atoms with Crippen molar-refractivity contribution in [3.8, 4) is 0 Å². The first kappa shape index (κ1) is 9.51. The smallest absolute Gasteiger partial charge is 0.0547 e. The van der Waals surface area contributed by atoms with Crippen LogP contribution in [0.1, 0.15) is 5.69 Å². The number of carbonyl (C=O) groups is 1. The van der Waals surface area contributed by atoms with Crippen molar-refractivity contribution >= 4 is 11.7 Å². The van der Waals surface area contributed by atoms with Crippen LogP contribution < -0.4 is 10.0 Å². The third-order valence-electron chi connectivity index (χ3n) is 1.65. The molecule has 1 aromatic rings. The summed E-state index contributed by atoms with van der Waals surface area (Å²) in [4.78, 5) is 16.1. The number of carbonyl (C=O) groups excluding carboxylic acids is 1. The molecule has 0 unspecified atom stereocenters. The molecule has 0 radical (unpaired) electrons. The topological polar surface area (TPSA) is 56.3 Å². The van der Waals surface area contributed by atoms with Crippen LogP contribution in [0.2, 0.25) is 0 Å². The maximum atomic E-state index is 10.2. The average molecular weight is 179 g/mol. The second-order valence-electron chi connectivity index (χ2n) is 2.95. The van der Waals surface area contributed by atoms with Gasteiger partial charge in [-0.1, -0.05) is 0 Å². The van der Waals surface area contributed by atoms with Gasteiger partial charge in [0.2, 0.25) is 0 Å². The summed E-state index contributed by atoms with van der Waals surface area (Å²) in [6, 6.07) is 3.51. The summed E-state index contributed by atoms with van der Waals surface area (Å²) in [7, 11) is 3.80. The highest BCUT2D eigenvalue weighted by Gasteiger charge is 1.97. The molecule has 1 heterocycles. The lowest BCUT2D eigenvalue weighted by Crippen LogP contribution is -2.24. The van der Waals surface area contributed by atoms with Gasteiger partial charge < -0.3 is 14.8 Å². The van der Waals surface area contributed by atoms with E-state index < -0.39 is 5.97 Å². The number of hydrogen-bond acceptors (Lipinski definition) is 4. The van der Waals surface area contributed by atoms with E-state index in [1.807, 2.05) is 25.1 Å². The molecule has 0 aliphatic carbocycles. The van der Waals surface area contributed by atoms with E-state index in [0.717, 1.165) is 5.69 Å². The van der Waals surface area contributed by atoms with Crippen molar-refractivity contribution in [3.05, 3.63) is 24.0 Å². The van der Waals surface area contributed by atoms with Gasteiger partial charge in [-0.25, -0.2) is 0 Å². The van der Waals surface area contributed by atoms with Crippen LogP contribution in [-0.4, -0.2) is 25.0 Å². The Morgan fingerprint density at radius 1 is 1.54 bits per heavy atom. The van der Waals surface area contributed by atoms with E-state index in [1.165, 1.54) is 0 Å². The molecule has 13 heavy (non-hydrogen) atoms. The Kier molecular flexibility index (Phi) is 2.84. The van der Waals surface area contributed by atoms with Crippen LogP contribution in [0, 0.1) is 0 Å². The zero-order valence-electron chi connectivity index (χ0n) is 7.65. The number of nitrogens with zero attached hydrogens (tertiary/aromatic N) is 2. The first-order valence-corrected chi connectivity index (χ1v) is 3.91. The molecule has 0 atom stereocenters. The predicted molar refractivity (Wildman–Crippen MR) is 47.3 cm³/mol. The van der Waals surface area contributed by atoms with E-state index in [4.69, 9.17) is 0 Å². The maximum absolute atomic E-state index is 10.2. The quantitative estimate of drug-likeness (QED) is 0.624. The van der Waals surface area contributed by atoms with E-state index in [-0.39, 0.29) is 6.42 Å². The molecule has 70 valence electrons. The Morgan fingerprint density at radius 3 is 2.62 bits per heavy atom. The largest absolute Gasteiger partial charge is 0.550 e. The summed E-state index contributed by atoms with van der Waals surface area (Å²) >= 11 is 0. The second-order valence-corrected chi connectivity index (χ2v) is 2.95. The lowest BCUT2D eigenvalue weighted by Gasteiger charge is -2.11. The first-order chi connectivity index (χ1) is 6.09. The van der Waals surface area contributed by atoms with Crippen LogP contribution in [0.25, 0.3) is 0 Å². The minimum Gasteiger partial charge on any atom is -0.550 e. The van der Waals surface area contributed by atoms with Crippen LogP contribution >= 0.6 is 0 Å². The van der Waals surface area contributed by atoms with Gasteiger partial charge in [-0.05, 0) is 12.1 Å². The third-order valence-corrected chi connectivity index (χ3v) is 1.65. The normalized spacial score (nSPS) is 9.69. The fraction of sp³-hybridized carbons (Fsp3) is 0.333. The summed E-state index contributed by atoms with van der Waals surface area (Å²) < 4.78 is 0. The molecule has 0 N–H and O–H groups in total. The number of rotatable bonds is 3. The summed E-state index contributed by atoms with van der Waals surface area (Å²) in [5.74, 6) is -1.11. The molecule has 0 spiro atoms. The summed E-state index contributed by atoms with van der Waals surface area (Å²) in [5.41, 5.74) is 1.47. The lowest BCUT2D eigenvalue weighted by molar-refractivity contribution is -0.304. The average Bonchev–Trinajstić information content (AvgIpc) is 2.04. The van der Waals surface area contributed by atoms with Gasteiger partial charge in [-0.15, -0.1) is 0 Å². The number of anilines is 1. The van der Waals surface area contributed by atoms with Crippen LogP contribution in [0.15, 0.2) is 18.3 Å². The minimum absolute atomic E-state index is 0.131. The highest BCUT2D eigenvalue weighted by molar-refractivity contribution is 5.67. The molecule has 0 fully saturated rings. The monoisotopic (exact) mass is 179 g/mol. The number of aliphatic carboxylic acids is 1. The first-order valence-electron chi connectivity index (χ1n) is 3.91. The molecule has 4 nitrogen and oxygen atoms in total. The van der Waals surface area contributed by atoms with E-state index in [0.29, 0.717) is 5.69 Å². The fourth-order valence-corrected chi connectivity index (χ4v) is 0.934. The van der Waals surface area contributed by atoms with Gasteiger partial charge in [0.1, 0.15) is 0 Å². The zero-order chi connectivity index (χ0) is 9.84. The van der Waals surface area contributed by atoms with E-state index in [2.05, 4.69) is 4.98 Å². The number of carboxylic acids is 1. The minimum atomic E-state index is -1.11. The highest BCUT2D eigenvalue weighted by Crippen LogP contribution is 2.08. The molecular formula is C9H11N2O2-. The molecule has 0 saturated carbocycles. The standard InChI is InChI=1S/C9H12N2O2/c1-11(2)8-4-3-7(10-6-8)5-9(12)13/h3-4,6H,5H2,1-2H3,(H,12,13)/p-1. The predicted octanol–water partition coefficient (Wildman–Crippen LogP) is -0.560. The molecule has 0 saturated heterocycles. The second kappa shape index (κ2) is 3.89. The van der Waals surface area contributed by atoms with Crippen molar-refractivity contribution in [2.45, 2.75) is 6.42 Å². The van der Waals surface area contributed by atoms with Crippen molar-refractivity contribution < 1.29 is 9.90 Å². The molecule has 0 aliphatic rings. The van der Waals surface area contributed by atoms with E-state index in [9.17, 15) is 9.90 Å². The third kappa shape index (κ3) is 2.74. The molecule has 0 aliphatic heterocycles. The van der Waals surface area contributed by atoms with Crippen molar-refractivity contribution in [1.29, 1.82) is 0 Å². The summed E-state index contributed by atoms with van der Waals surface area (Å²) in [6.07, 6.45) is 1.51.